The molecule has 3 unspecified atom stereocenters. The molecule has 1 spiro atoms. The van der Waals surface area contributed by atoms with Crippen molar-refractivity contribution in [3.05, 3.63) is 0 Å². The molecule has 3 amide bonds. The number of fused-ring (bicyclic) bond motifs is 1. The van der Waals surface area contributed by atoms with Gasteiger partial charge in [0, 0.05) is 31.0 Å². The molecule has 8 heteroatoms. The largest absolute Gasteiger partial charge is 0.396 e. The van der Waals surface area contributed by atoms with Crippen molar-refractivity contribution >= 4 is 29.5 Å². The number of aliphatic hydroxyl groups is 1. The third-order valence-corrected chi connectivity index (χ3v) is 9.27. The molecule has 3 rings (SSSR count). The Morgan fingerprint density at radius 2 is 1.94 bits per heavy atom. The van der Waals surface area contributed by atoms with E-state index in [1.165, 1.54) is 0 Å². The zero-order chi connectivity index (χ0) is 23.3. The minimum atomic E-state index is -0.504. The average Bonchev–Trinajstić information content (AvgIpc) is 3.39. The van der Waals surface area contributed by atoms with Crippen LogP contribution >= 0.6 is 11.8 Å². The standard InChI is InChI=1S/C24H41N3O4S/c1-4-10-16(3)26-22(30)20-24-12-11-17(32-24)18(21(29)25-13-5-2)19(24)23(31)27(20)14-8-6-7-9-15-28/h16-20,28H,4-15H2,1-3H3,(H,25,29)(H,26,30)/t16?,17-,18+,19-,20?,24?/m0/s1. The highest BCUT2D eigenvalue weighted by molar-refractivity contribution is 8.02. The predicted molar refractivity (Wildman–Crippen MR) is 127 cm³/mol. The number of amides is 3. The summed E-state index contributed by atoms with van der Waals surface area (Å²) in [5.41, 5.74) is 0. The average molecular weight is 468 g/mol. The van der Waals surface area contributed by atoms with Crippen LogP contribution in [0.5, 0.6) is 0 Å². The number of rotatable bonds is 13. The molecule has 3 fully saturated rings. The Kier molecular flexibility index (Phi) is 8.90. The zero-order valence-electron chi connectivity index (χ0n) is 19.9. The SMILES string of the molecule is CCCNC(=O)[C@@H]1[C@@H]2CCC3(S2)C(C(=O)NC(C)CCC)N(CCCCCCO)C(=O)[C@H]13. The van der Waals surface area contributed by atoms with Crippen molar-refractivity contribution in [2.45, 2.75) is 101 Å². The first kappa shape index (κ1) is 25.3. The van der Waals surface area contributed by atoms with Crippen molar-refractivity contribution < 1.29 is 19.5 Å². The Bertz CT molecular complexity index is 690. The summed E-state index contributed by atoms with van der Waals surface area (Å²) in [6.45, 7) is 7.48. The van der Waals surface area contributed by atoms with Gasteiger partial charge >= 0.3 is 0 Å². The van der Waals surface area contributed by atoms with E-state index in [2.05, 4.69) is 17.6 Å². The van der Waals surface area contributed by atoms with E-state index in [1.54, 1.807) is 16.7 Å². The zero-order valence-corrected chi connectivity index (χ0v) is 20.7. The summed E-state index contributed by atoms with van der Waals surface area (Å²) in [4.78, 5) is 42.1. The minimum absolute atomic E-state index is 0.0122. The Labute approximate surface area is 196 Å². The molecule has 0 radical (unpaired) electrons. The van der Waals surface area contributed by atoms with Gasteiger partial charge < -0.3 is 20.6 Å². The monoisotopic (exact) mass is 467 g/mol. The smallest absolute Gasteiger partial charge is 0.244 e. The molecule has 182 valence electrons. The highest BCUT2D eigenvalue weighted by Gasteiger charge is 2.73. The number of hydrogen-bond donors (Lipinski definition) is 3. The third-order valence-electron chi connectivity index (χ3n) is 7.32. The molecule has 0 saturated carbocycles. The van der Waals surface area contributed by atoms with Gasteiger partial charge in [-0.3, -0.25) is 14.4 Å². The summed E-state index contributed by atoms with van der Waals surface area (Å²) in [7, 11) is 0. The molecule has 0 aromatic carbocycles. The molecular formula is C24H41N3O4S. The first-order chi connectivity index (χ1) is 15.4. The van der Waals surface area contributed by atoms with Crippen LogP contribution in [0.15, 0.2) is 0 Å². The van der Waals surface area contributed by atoms with Crippen LogP contribution in [0.1, 0.15) is 78.6 Å². The second-order valence-electron chi connectivity index (χ2n) is 9.71. The number of hydrogen-bond acceptors (Lipinski definition) is 5. The molecule has 6 atom stereocenters. The first-order valence-electron chi connectivity index (χ1n) is 12.6. The van der Waals surface area contributed by atoms with Crippen molar-refractivity contribution in [2.75, 3.05) is 19.7 Å². The maximum Gasteiger partial charge on any atom is 0.244 e. The number of unbranched alkanes of at least 4 members (excludes halogenated alkanes) is 3. The first-order valence-corrected chi connectivity index (χ1v) is 13.5. The molecule has 3 N–H and O–H groups in total. The van der Waals surface area contributed by atoms with Gasteiger partial charge in [0.1, 0.15) is 6.04 Å². The fourth-order valence-corrected chi connectivity index (χ4v) is 8.15. The number of carbonyl (C=O) groups is 3. The summed E-state index contributed by atoms with van der Waals surface area (Å²) < 4.78 is -0.489. The normalized spacial score (nSPS) is 31.6. The van der Waals surface area contributed by atoms with Gasteiger partial charge in [0.15, 0.2) is 0 Å². The van der Waals surface area contributed by atoms with Crippen LogP contribution in [-0.2, 0) is 14.4 Å². The van der Waals surface area contributed by atoms with E-state index in [9.17, 15) is 14.4 Å². The van der Waals surface area contributed by atoms with E-state index >= 15 is 0 Å². The Morgan fingerprint density at radius 1 is 1.19 bits per heavy atom. The maximum atomic E-state index is 13.7. The minimum Gasteiger partial charge on any atom is -0.396 e. The summed E-state index contributed by atoms with van der Waals surface area (Å²) >= 11 is 1.73. The lowest BCUT2D eigenvalue weighted by Crippen LogP contribution is -2.55. The van der Waals surface area contributed by atoms with E-state index in [0.717, 1.165) is 57.8 Å². The van der Waals surface area contributed by atoms with Crippen LogP contribution < -0.4 is 10.6 Å². The summed E-state index contributed by atoms with van der Waals surface area (Å²) in [5, 5.41) is 15.3. The molecule has 3 aliphatic heterocycles. The molecule has 7 nitrogen and oxygen atoms in total. The van der Waals surface area contributed by atoms with Gasteiger partial charge in [-0.05, 0) is 45.4 Å². The summed E-state index contributed by atoms with van der Waals surface area (Å²) in [5.74, 6) is -0.831. The molecule has 3 heterocycles. The molecule has 0 aromatic heterocycles. The number of likely N-dealkylation sites (tertiary alicyclic amines) is 1. The summed E-state index contributed by atoms with van der Waals surface area (Å²) in [6.07, 6.45) is 7.86. The number of thioether (sulfide) groups is 1. The fraction of sp³-hybridized carbons (Fsp3) is 0.875. The van der Waals surface area contributed by atoms with Gasteiger partial charge in [-0.25, -0.2) is 0 Å². The van der Waals surface area contributed by atoms with Gasteiger partial charge in [-0.1, -0.05) is 33.1 Å². The summed E-state index contributed by atoms with van der Waals surface area (Å²) in [6, 6.07) is -0.437. The lowest BCUT2D eigenvalue weighted by Gasteiger charge is -2.35. The third kappa shape index (κ3) is 4.81. The van der Waals surface area contributed by atoms with E-state index in [4.69, 9.17) is 5.11 Å². The highest BCUT2D eigenvalue weighted by atomic mass is 32.2. The van der Waals surface area contributed by atoms with Crippen LogP contribution in [0.4, 0.5) is 0 Å². The lowest BCUT2D eigenvalue weighted by atomic mass is 9.70. The number of carbonyl (C=O) groups excluding carboxylic acids is 3. The van der Waals surface area contributed by atoms with Crippen molar-refractivity contribution in [3.8, 4) is 0 Å². The number of nitrogens with zero attached hydrogens (tertiary/aromatic N) is 1. The van der Waals surface area contributed by atoms with Gasteiger partial charge in [-0.15, -0.1) is 11.8 Å². The quantitative estimate of drug-likeness (QED) is 0.362. The van der Waals surface area contributed by atoms with Crippen molar-refractivity contribution in [3.63, 3.8) is 0 Å². The van der Waals surface area contributed by atoms with Gasteiger partial charge in [0.25, 0.3) is 0 Å². The maximum absolute atomic E-state index is 13.7. The lowest BCUT2D eigenvalue weighted by molar-refractivity contribution is -0.140. The molecule has 0 aromatic rings. The van der Waals surface area contributed by atoms with E-state index in [-0.39, 0.29) is 41.5 Å². The van der Waals surface area contributed by atoms with Crippen LogP contribution in [0.25, 0.3) is 0 Å². The Morgan fingerprint density at radius 3 is 2.62 bits per heavy atom. The van der Waals surface area contributed by atoms with Crippen molar-refractivity contribution in [1.82, 2.24) is 15.5 Å². The van der Waals surface area contributed by atoms with Crippen molar-refractivity contribution in [2.24, 2.45) is 11.8 Å². The van der Waals surface area contributed by atoms with Gasteiger partial charge in [-0.2, -0.15) is 0 Å². The highest BCUT2D eigenvalue weighted by Crippen LogP contribution is 2.66. The molecule has 0 aliphatic carbocycles. The van der Waals surface area contributed by atoms with E-state index in [0.29, 0.717) is 13.1 Å². The predicted octanol–water partition coefficient (Wildman–Crippen LogP) is 2.46. The van der Waals surface area contributed by atoms with Gasteiger partial charge in [0.05, 0.1) is 16.6 Å². The molecule has 2 bridgehead atoms. The van der Waals surface area contributed by atoms with Crippen LogP contribution in [-0.4, -0.2) is 69.5 Å². The topological polar surface area (TPSA) is 98.7 Å². The number of nitrogens with one attached hydrogen (secondary N) is 2. The molecule has 32 heavy (non-hydrogen) atoms. The Balaban J connectivity index is 1.83. The van der Waals surface area contributed by atoms with Crippen LogP contribution in [0, 0.1) is 11.8 Å². The van der Waals surface area contributed by atoms with Crippen molar-refractivity contribution in [1.29, 1.82) is 0 Å². The van der Waals surface area contributed by atoms with Crippen LogP contribution in [0.2, 0.25) is 0 Å². The second-order valence-corrected chi connectivity index (χ2v) is 11.3. The molecular weight excluding hydrogens is 426 g/mol. The molecule has 3 saturated heterocycles. The fourth-order valence-electron chi connectivity index (χ4n) is 5.93. The molecule has 3 aliphatic rings. The van der Waals surface area contributed by atoms with Gasteiger partial charge in [0.2, 0.25) is 17.7 Å². The van der Waals surface area contributed by atoms with E-state index < -0.39 is 16.7 Å². The number of aliphatic hydroxyl groups excluding tert-OH is 1. The Hall–Kier alpha value is -1.28. The van der Waals surface area contributed by atoms with Crippen LogP contribution in [0.3, 0.4) is 0 Å². The van der Waals surface area contributed by atoms with E-state index in [1.807, 2.05) is 13.8 Å². The second kappa shape index (κ2) is 11.2.